The van der Waals surface area contributed by atoms with E-state index in [0.717, 1.165) is 21.4 Å². The summed E-state index contributed by atoms with van der Waals surface area (Å²) in [7, 11) is 0. The highest BCUT2D eigenvalue weighted by Crippen LogP contribution is 2.23. The van der Waals surface area contributed by atoms with Crippen LogP contribution in [0.4, 0.5) is 0 Å². The van der Waals surface area contributed by atoms with E-state index in [1.807, 2.05) is 13.8 Å². The summed E-state index contributed by atoms with van der Waals surface area (Å²) in [6.45, 7) is 4.02. The Kier molecular flexibility index (Phi) is 4.12. The molecule has 0 unspecified atom stereocenters. The highest BCUT2D eigenvalue weighted by Gasteiger charge is 2.16. The van der Waals surface area contributed by atoms with Gasteiger partial charge in [0.15, 0.2) is 5.84 Å². The van der Waals surface area contributed by atoms with Crippen LogP contribution in [0.5, 0.6) is 0 Å². The molecular weight excluding hydrogens is 232 g/mol. The number of aliphatic imine (C=N–C) groups is 1. The molecule has 3 N–H and O–H groups in total. The first kappa shape index (κ1) is 12.5. The zero-order chi connectivity index (χ0) is 12.3. The molecular formula is C12H20N4S. The van der Waals surface area contributed by atoms with Crippen molar-refractivity contribution in [1.29, 1.82) is 0 Å². The Morgan fingerprint density at radius 1 is 1.35 bits per heavy atom. The second-order valence-electron chi connectivity index (χ2n) is 4.56. The van der Waals surface area contributed by atoms with Crippen molar-refractivity contribution in [2.45, 2.75) is 52.0 Å². The second-order valence-corrected chi connectivity index (χ2v) is 5.76. The average molecular weight is 252 g/mol. The minimum atomic E-state index is 0.427. The van der Waals surface area contributed by atoms with Crippen LogP contribution < -0.4 is 11.3 Å². The summed E-state index contributed by atoms with van der Waals surface area (Å²) in [6, 6.07) is 0.427. The predicted molar refractivity (Wildman–Crippen MR) is 72.3 cm³/mol. The molecule has 0 aromatic carbocycles. The summed E-state index contributed by atoms with van der Waals surface area (Å²) in [5, 5.41) is 1.06. The first-order chi connectivity index (χ1) is 8.20. The van der Waals surface area contributed by atoms with Crippen molar-refractivity contribution in [3.05, 3.63) is 15.6 Å². The number of aromatic nitrogens is 1. The quantitative estimate of drug-likeness (QED) is 0.367. The smallest absolute Gasteiger partial charge is 0.155 e. The molecule has 1 aliphatic carbocycles. The zero-order valence-corrected chi connectivity index (χ0v) is 11.3. The molecule has 1 aliphatic rings. The topological polar surface area (TPSA) is 63.3 Å². The Morgan fingerprint density at radius 3 is 2.59 bits per heavy atom. The number of hydrazine groups is 1. The lowest BCUT2D eigenvalue weighted by Gasteiger charge is -2.18. The van der Waals surface area contributed by atoms with Crippen molar-refractivity contribution in [2.24, 2.45) is 10.8 Å². The summed E-state index contributed by atoms with van der Waals surface area (Å²) in [5.41, 5.74) is 3.75. The van der Waals surface area contributed by atoms with Crippen LogP contribution in [0.3, 0.4) is 0 Å². The molecule has 0 saturated heterocycles. The summed E-state index contributed by atoms with van der Waals surface area (Å²) in [6.07, 6.45) is 6.28. The molecule has 0 spiro atoms. The van der Waals surface area contributed by atoms with Gasteiger partial charge in [-0.1, -0.05) is 19.3 Å². The predicted octanol–water partition coefficient (Wildman–Crippen LogP) is 2.30. The highest BCUT2D eigenvalue weighted by molar-refractivity contribution is 7.13. The van der Waals surface area contributed by atoms with Gasteiger partial charge in [0.05, 0.1) is 21.6 Å². The van der Waals surface area contributed by atoms with Crippen molar-refractivity contribution in [3.8, 4) is 0 Å². The molecule has 0 radical (unpaired) electrons. The number of thiazole rings is 1. The van der Waals surface area contributed by atoms with Gasteiger partial charge in [0, 0.05) is 0 Å². The lowest BCUT2D eigenvalue weighted by Crippen LogP contribution is -2.32. The molecule has 5 heteroatoms. The van der Waals surface area contributed by atoms with Gasteiger partial charge < -0.3 is 5.43 Å². The Morgan fingerprint density at radius 2 is 2.06 bits per heavy atom. The van der Waals surface area contributed by atoms with Crippen molar-refractivity contribution in [1.82, 2.24) is 10.4 Å². The molecule has 1 fully saturated rings. The number of nitrogens with zero attached hydrogens (tertiary/aromatic N) is 2. The average Bonchev–Trinajstić information content (AvgIpc) is 2.67. The van der Waals surface area contributed by atoms with Gasteiger partial charge in [0.1, 0.15) is 0 Å². The van der Waals surface area contributed by atoms with E-state index in [1.54, 1.807) is 11.3 Å². The summed E-state index contributed by atoms with van der Waals surface area (Å²) in [5.74, 6) is 6.40. The van der Waals surface area contributed by atoms with Gasteiger partial charge in [-0.3, -0.25) is 4.99 Å². The fourth-order valence-electron chi connectivity index (χ4n) is 2.31. The Labute approximate surface area is 106 Å². The molecule has 1 saturated carbocycles. The third kappa shape index (κ3) is 3.04. The lowest BCUT2D eigenvalue weighted by atomic mass is 9.96. The summed E-state index contributed by atoms with van der Waals surface area (Å²) in [4.78, 5) is 10.2. The molecule has 0 atom stereocenters. The SMILES string of the molecule is Cc1nc(C)c(C(=NC2CCCCC2)NN)s1. The number of aryl methyl sites for hydroxylation is 2. The minimum Gasteiger partial charge on any atom is -0.308 e. The molecule has 1 aromatic rings. The van der Waals surface area contributed by atoms with Gasteiger partial charge >= 0.3 is 0 Å². The fraction of sp³-hybridized carbons (Fsp3) is 0.667. The molecule has 1 aromatic heterocycles. The molecule has 4 nitrogen and oxygen atoms in total. The number of rotatable bonds is 2. The van der Waals surface area contributed by atoms with Crippen molar-refractivity contribution >= 4 is 17.2 Å². The van der Waals surface area contributed by atoms with Gasteiger partial charge in [-0.05, 0) is 26.7 Å². The van der Waals surface area contributed by atoms with Gasteiger partial charge in [-0.25, -0.2) is 10.8 Å². The molecule has 2 rings (SSSR count). The van der Waals surface area contributed by atoms with E-state index in [-0.39, 0.29) is 0 Å². The summed E-state index contributed by atoms with van der Waals surface area (Å²) < 4.78 is 0. The third-order valence-electron chi connectivity index (χ3n) is 3.14. The van der Waals surface area contributed by atoms with E-state index in [4.69, 9.17) is 10.8 Å². The second kappa shape index (κ2) is 5.60. The van der Waals surface area contributed by atoms with Crippen LogP contribution in [0, 0.1) is 13.8 Å². The van der Waals surface area contributed by atoms with Crippen LogP contribution >= 0.6 is 11.3 Å². The Hall–Kier alpha value is -0.940. The van der Waals surface area contributed by atoms with E-state index in [2.05, 4.69) is 10.4 Å². The number of nitrogens with two attached hydrogens (primary N) is 1. The van der Waals surface area contributed by atoms with Crippen LogP contribution in [0.2, 0.25) is 0 Å². The number of nitrogens with one attached hydrogen (secondary N) is 1. The molecule has 94 valence electrons. The van der Waals surface area contributed by atoms with Gasteiger partial charge in [0.2, 0.25) is 0 Å². The monoisotopic (exact) mass is 252 g/mol. The van der Waals surface area contributed by atoms with Crippen LogP contribution in [-0.4, -0.2) is 16.9 Å². The van der Waals surface area contributed by atoms with Gasteiger partial charge in [-0.15, -0.1) is 11.3 Å². The maximum Gasteiger partial charge on any atom is 0.155 e. The van der Waals surface area contributed by atoms with E-state index >= 15 is 0 Å². The largest absolute Gasteiger partial charge is 0.308 e. The van der Waals surface area contributed by atoms with Crippen LogP contribution in [0.15, 0.2) is 4.99 Å². The maximum absolute atomic E-state index is 5.60. The highest BCUT2D eigenvalue weighted by atomic mass is 32.1. The molecule has 0 bridgehead atoms. The number of hydrogen-bond donors (Lipinski definition) is 2. The number of amidine groups is 1. The van der Waals surface area contributed by atoms with Crippen LogP contribution in [-0.2, 0) is 0 Å². The molecule has 1 heterocycles. The van der Waals surface area contributed by atoms with E-state index in [9.17, 15) is 0 Å². The zero-order valence-electron chi connectivity index (χ0n) is 10.5. The minimum absolute atomic E-state index is 0.427. The maximum atomic E-state index is 5.60. The lowest BCUT2D eigenvalue weighted by molar-refractivity contribution is 0.442. The third-order valence-corrected chi connectivity index (χ3v) is 4.22. The number of hydrogen-bond acceptors (Lipinski definition) is 4. The molecule has 17 heavy (non-hydrogen) atoms. The van der Waals surface area contributed by atoms with Gasteiger partial charge in [-0.2, -0.15) is 0 Å². The first-order valence-electron chi connectivity index (χ1n) is 6.19. The van der Waals surface area contributed by atoms with E-state index in [1.165, 1.54) is 32.1 Å². The normalized spacial score (nSPS) is 18.4. The molecule has 0 aliphatic heterocycles. The van der Waals surface area contributed by atoms with E-state index in [0.29, 0.717) is 6.04 Å². The van der Waals surface area contributed by atoms with E-state index < -0.39 is 0 Å². The van der Waals surface area contributed by atoms with Crippen molar-refractivity contribution < 1.29 is 0 Å². The van der Waals surface area contributed by atoms with Crippen molar-refractivity contribution in [3.63, 3.8) is 0 Å². The fourth-order valence-corrected chi connectivity index (χ4v) is 3.18. The van der Waals surface area contributed by atoms with Crippen LogP contribution in [0.1, 0.15) is 47.7 Å². The van der Waals surface area contributed by atoms with Gasteiger partial charge in [0.25, 0.3) is 0 Å². The first-order valence-corrected chi connectivity index (χ1v) is 7.01. The Bertz CT molecular complexity index is 405. The van der Waals surface area contributed by atoms with Crippen molar-refractivity contribution in [2.75, 3.05) is 0 Å². The summed E-state index contributed by atoms with van der Waals surface area (Å²) >= 11 is 1.65. The Balaban J connectivity index is 2.20. The molecule has 0 amide bonds. The standard InChI is InChI=1S/C12H20N4S/c1-8-11(17-9(2)14-8)12(16-13)15-10-6-4-3-5-7-10/h10H,3-7,13H2,1-2H3,(H,15,16). The van der Waals surface area contributed by atoms with Crippen LogP contribution in [0.25, 0.3) is 0 Å².